The molecule has 6 nitrogen and oxygen atoms in total. The first-order valence-electron chi connectivity index (χ1n) is 11.5. The average Bonchev–Trinajstić information content (AvgIpc) is 2.82. The van der Waals surface area contributed by atoms with Gasteiger partial charge in [-0.1, -0.05) is 67.9 Å². The van der Waals surface area contributed by atoms with Crippen LogP contribution in [0.15, 0.2) is 82.4 Å². The lowest BCUT2D eigenvalue weighted by atomic mass is 10.1. The Kier molecular flexibility index (Phi) is 6.77. The van der Waals surface area contributed by atoms with Crippen LogP contribution in [0.4, 0.5) is 0 Å². The van der Waals surface area contributed by atoms with Gasteiger partial charge in [0.1, 0.15) is 0 Å². The van der Waals surface area contributed by atoms with Gasteiger partial charge in [0.15, 0.2) is 0 Å². The van der Waals surface area contributed by atoms with E-state index in [1.165, 1.54) is 4.57 Å². The number of rotatable bonds is 7. The molecule has 174 valence electrons. The number of fused-ring (bicyclic) bond motifs is 1. The fraction of sp³-hybridized carbons (Fsp3) is 0.250. The molecular formula is C28H29N3O3. The van der Waals surface area contributed by atoms with Crippen LogP contribution in [0.2, 0.25) is 0 Å². The van der Waals surface area contributed by atoms with Crippen LogP contribution < -0.4 is 16.6 Å². The molecule has 0 fully saturated rings. The third-order valence-corrected chi connectivity index (χ3v) is 5.74. The summed E-state index contributed by atoms with van der Waals surface area (Å²) in [5.41, 5.74) is 3.24. The number of hydrogen-bond donors (Lipinski definition) is 1. The van der Waals surface area contributed by atoms with E-state index in [-0.39, 0.29) is 17.9 Å². The third-order valence-electron chi connectivity index (χ3n) is 5.74. The second-order valence-corrected chi connectivity index (χ2v) is 9.06. The van der Waals surface area contributed by atoms with Crippen molar-refractivity contribution in [3.8, 4) is 5.69 Å². The van der Waals surface area contributed by atoms with E-state index in [1.54, 1.807) is 47.0 Å². The van der Waals surface area contributed by atoms with Gasteiger partial charge in [-0.25, -0.2) is 9.36 Å². The number of benzene rings is 3. The summed E-state index contributed by atoms with van der Waals surface area (Å²) < 4.78 is 2.85. The SMILES string of the molecule is Cc1cccc(Cn2c(=O)n(-c3ccc(CC(=O)NCC(C)C)cc3)c(=O)c3ccccc32)c1. The quantitative estimate of drug-likeness (QED) is 0.460. The zero-order chi connectivity index (χ0) is 24.2. The van der Waals surface area contributed by atoms with Crippen LogP contribution in [0, 0.1) is 12.8 Å². The lowest BCUT2D eigenvalue weighted by Crippen LogP contribution is -2.39. The van der Waals surface area contributed by atoms with Crippen LogP contribution in [0.3, 0.4) is 0 Å². The van der Waals surface area contributed by atoms with Gasteiger partial charge in [-0.15, -0.1) is 0 Å². The van der Waals surface area contributed by atoms with Crippen LogP contribution >= 0.6 is 0 Å². The summed E-state index contributed by atoms with van der Waals surface area (Å²) in [5.74, 6) is 0.331. The molecule has 0 aliphatic heterocycles. The van der Waals surface area contributed by atoms with E-state index in [0.29, 0.717) is 35.6 Å². The number of carbonyl (C=O) groups excluding carboxylic acids is 1. The highest BCUT2D eigenvalue weighted by Crippen LogP contribution is 2.14. The van der Waals surface area contributed by atoms with E-state index >= 15 is 0 Å². The minimum absolute atomic E-state index is 0.0511. The van der Waals surface area contributed by atoms with Gasteiger partial charge in [0.05, 0.1) is 29.6 Å². The average molecular weight is 456 g/mol. The Hall–Kier alpha value is -3.93. The van der Waals surface area contributed by atoms with Gasteiger partial charge in [-0.05, 0) is 48.2 Å². The molecule has 0 spiro atoms. The molecule has 6 heteroatoms. The standard InChI is InChI=1S/C28H29N3O3/c1-19(2)17-29-26(32)16-21-11-13-23(14-12-21)31-27(33)24-9-4-5-10-25(24)30(28(31)34)18-22-8-6-7-20(3)15-22/h4-15,19H,16-18H2,1-3H3,(H,29,32). The van der Waals surface area contributed by atoms with Gasteiger partial charge in [0.2, 0.25) is 5.91 Å². The molecular weight excluding hydrogens is 426 g/mol. The van der Waals surface area contributed by atoms with Crippen molar-refractivity contribution in [1.82, 2.24) is 14.5 Å². The minimum atomic E-state index is -0.396. The van der Waals surface area contributed by atoms with E-state index in [9.17, 15) is 14.4 Å². The molecule has 4 aromatic rings. The number of aryl methyl sites for hydroxylation is 1. The van der Waals surface area contributed by atoms with Gasteiger partial charge in [-0.3, -0.25) is 14.2 Å². The molecule has 0 radical (unpaired) electrons. The highest BCUT2D eigenvalue weighted by atomic mass is 16.2. The number of amides is 1. The first kappa shape index (κ1) is 23.2. The number of nitrogens with one attached hydrogen (secondary N) is 1. The van der Waals surface area contributed by atoms with Gasteiger partial charge >= 0.3 is 5.69 Å². The predicted octanol–water partition coefficient (Wildman–Crippen LogP) is 3.82. The van der Waals surface area contributed by atoms with E-state index in [2.05, 4.69) is 5.32 Å². The fourth-order valence-electron chi connectivity index (χ4n) is 4.02. The maximum absolute atomic E-state index is 13.6. The number of aromatic nitrogens is 2. The van der Waals surface area contributed by atoms with Crippen LogP contribution in [-0.2, 0) is 17.8 Å². The van der Waals surface area contributed by atoms with Crippen molar-refractivity contribution in [3.63, 3.8) is 0 Å². The Morgan fingerprint density at radius 2 is 1.65 bits per heavy atom. The summed E-state index contributed by atoms with van der Waals surface area (Å²) in [6, 6.07) is 22.2. The monoisotopic (exact) mass is 455 g/mol. The summed E-state index contributed by atoms with van der Waals surface area (Å²) in [6.45, 7) is 7.08. The van der Waals surface area contributed by atoms with Crippen molar-refractivity contribution < 1.29 is 4.79 Å². The van der Waals surface area contributed by atoms with Crippen molar-refractivity contribution in [2.24, 2.45) is 5.92 Å². The van der Waals surface area contributed by atoms with Crippen molar-refractivity contribution in [2.45, 2.75) is 33.7 Å². The van der Waals surface area contributed by atoms with Crippen molar-refractivity contribution in [3.05, 3.63) is 110 Å². The highest BCUT2D eigenvalue weighted by molar-refractivity contribution is 5.79. The van der Waals surface area contributed by atoms with E-state index in [1.807, 2.05) is 51.1 Å². The number of carbonyl (C=O) groups is 1. The molecule has 0 unspecified atom stereocenters. The van der Waals surface area contributed by atoms with Crippen molar-refractivity contribution >= 4 is 16.8 Å². The molecule has 0 aliphatic carbocycles. The Balaban J connectivity index is 1.74. The smallest absolute Gasteiger partial charge is 0.336 e. The van der Waals surface area contributed by atoms with E-state index in [4.69, 9.17) is 0 Å². The van der Waals surface area contributed by atoms with Crippen LogP contribution in [0.1, 0.15) is 30.5 Å². The summed E-state index contributed by atoms with van der Waals surface area (Å²) in [4.78, 5) is 39.0. The predicted molar refractivity (Wildman–Crippen MR) is 136 cm³/mol. The largest absolute Gasteiger partial charge is 0.356 e. The zero-order valence-corrected chi connectivity index (χ0v) is 19.7. The summed E-state index contributed by atoms with van der Waals surface area (Å²) in [6.07, 6.45) is 0.247. The molecule has 0 bridgehead atoms. The third kappa shape index (κ3) is 5.01. The van der Waals surface area contributed by atoms with Crippen molar-refractivity contribution in [2.75, 3.05) is 6.54 Å². The molecule has 0 atom stereocenters. The minimum Gasteiger partial charge on any atom is -0.356 e. The normalized spacial score (nSPS) is 11.2. The van der Waals surface area contributed by atoms with E-state index < -0.39 is 5.69 Å². The molecule has 0 aliphatic rings. The first-order valence-corrected chi connectivity index (χ1v) is 11.5. The fourth-order valence-corrected chi connectivity index (χ4v) is 4.02. The maximum atomic E-state index is 13.6. The molecule has 34 heavy (non-hydrogen) atoms. The van der Waals surface area contributed by atoms with Gasteiger partial charge in [0.25, 0.3) is 5.56 Å². The molecule has 1 N–H and O–H groups in total. The Labute approximate surface area is 198 Å². The topological polar surface area (TPSA) is 73.1 Å². The molecule has 1 heterocycles. The zero-order valence-electron chi connectivity index (χ0n) is 19.7. The molecule has 3 aromatic carbocycles. The molecule has 1 aromatic heterocycles. The number of para-hydroxylation sites is 1. The van der Waals surface area contributed by atoms with Gasteiger partial charge < -0.3 is 5.32 Å². The molecule has 1 amide bonds. The van der Waals surface area contributed by atoms with Crippen LogP contribution in [0.5, 0.6) is 0 Å². The van der Waals surface area contributed by atoms with Crippen LogP contribution in [0.25, 0.3) is 16.6 Å². The van der Waals surface area contributed by atoms with E-state index in [0.717, 1.165) is 16.7 Å². The summed E-state index contributed by atoms with van der Waals surface area (Å²) in [7, 11) is 0. The Bertz CT molecular complexity index is 1450. The Morgan fingerprint density at radius 3 is 2.35 bits per heavy atom. The summed E-state index contributed by atoms with van der Waals surface area (Å²) >= 11 is 0. The molecule has 4 rings (SSSR count). The number of hydrogen-bond acceptors (Lipinski definition) is 3. The maximum Gasteiger partial charge on any atom is 0.336 e. The first-order chi connectivity index (χ1) is 16.3. The lowest BCUT2D eigenvalue weighted by molar-refractivity contribution is -0.120. The lowest BCUT2D eigenvalue weighted by Gasteiger charge is -2.15. The highest BCUT2D eigenvalue weighted by Gasteiger charge is 2.15. The molecule has 0 saturated carbocycles. The molecule has 0 saturated heterocycles. The Morgan fingerprint density at radius 1 is 0.912 bits per heavy atom. The second kappa shape index (κ2) is 9.91. The van der Waals surface area contributed by atoms with Gasteiger partial charge in [0, 0.05) is 6.54 Å². The number of nitrogens with zero attached hydrogens (tertiary/aromatic N) is 2. The second-order valence-electron chi connectivity index (χ2n) is 9.06. The van der Waals surface area contributed by atoms with Crippen LogP contribution in [-0.4, -0.2) is 21.6 Å². The van der Waals surface area contributed by atoms with Gasteiger partial charge in [-0.2, -0.15) is 0 Å². The van der Waals surface area contributed by atoms with Crippen molar-refractivity contribution in [1.29, 1.82) is 0 Å². The summed E-state index contributed by atoms with van der Waals surface area (Å²) in [5, 5.41) is 3.38.